The van der Waals surface area contributed by atoms with Crippen LogP contribution in [0.4, 0.5) is 11.4 Å². The van der Waals surface area contributed by atoms with Crippen LogP contribution in [0.5, 0.6) is 0 Å². The molecule has 2 aromatic carbocycles. The maximum Gasteiger partial charge on any atom is 0.0408 e. The van der Waals surface area contributed by atoms with Gasteiger partial charge < -0.3 is 4.90 Å². The van der Waals surface area contributed by atoms with Crippen molar-refractivity contribution in [1.29, 1.82) is 0 Å². The summed E-state index contributed by atoms with van der Waals surface area (Å²) in [6, 6.07) is 20.7. The quantitative estimate of drug-likeness (QED) is 0.597. The lowest BCUT2D eigenvalue weighted by Gasteiger charge is -2.18. The van der Waals surface area contributed by atoms with Gasteiger partial charge in [0.15, 0.2) is 0 Å². The molecule has 4 N–H and O–H groups in total. The van der Waals surface area contributed by atoms with Gasteiger partial charge in [-0.2, -0.15) is 0 Å². The Hall–Kier alpha value is -1.84. The van der Waals surface area contributed by atoms with E-state index in [1.165, 1.54) is 11.4 Å². The number of nitrogens with two attached hydrogens (primary N) is 2. The van der Waals surface area contributed by atoms with Gasteiger partial charge >= 0.3 is 0 Å². The number of anilines is 2. The number of hydrogen-bond donors (Lipinski definition) is 2. The van der Waals surface area contributed by atoms with E-state index in [4.69, 9.17) is 0 Å². The summed E-state index contributed by atoms with van der Waals surface area (Å²) < 4.78 is 0. The molecule has 0 saturated heterocycles. The predicted octanol–water partition coefficient (Wildman–Crippen LogP) is 2.27. The summed E-state index contributed by atoms with van der Waals surface area (Å²) in [4.78, 5) is 2.17. The number of benzene rings is 2. The van der Waals surface area contributed by atoms with Crippen molar-refractivity contribution in [2.24, 2.45) is 11.7 Å². The van der Waals surface area contributed by atoms with Crippen molar-refractivity contribution in [2.45, 2.75) is 0 Å². The Morgan fingerprint density at radius 2 is 1.00 bits per heavy atom. The molecule has 0 unspecified atom stereocenters. The van der Waals surface area contributed by atoms with E-state index < -0.39 is 0 Å². The summed E-state index contributed by atoms with van der Waals surface area (Å²) >= 11 is 0. The molecule has 0 spiro atoms. The Morgan fingerprint density at radius 1 is 0.688 bits per heavy atom. The molecule has 16 heavy (non-hydrogen) atoms. The van der Waals surface area contributed by atoms with E-state index >= 15 is 0 Å². The highest BCUT2D eigenvalue weighted by Gasteiger charge is 2.00. The first kappa shape index (κ1) is 12.2. The molecule has 0 atom stereocenters. The third-order valence-corrected chi connectivity index (χ3v) is 2.29. The van der Waals surface area contributed by atoms with Crippen LogP contribution >= 0.6 is 0 Å². The van der Waals surface area contributed by atoms with Crippen LogP contribution in [0.25, 0.3) is 0 Å². The molecular formula is C13H17N3. The van der Waals surface area contributed by atoms with Gasteiger partial charge in [0, 0.05) is 18.4 Å². The molecule has 3 nitrogen and oxygen atoms in total. The molecular weight excluding hydrogens is 198 g/mol. The molecule has 0 amide bonds. The second-order valence-electron chi connectivity index (χ2n) is 3.23. The molecule has 0 aliphatic rings. The average Bonchev–Trinajstić information content (AvgIpc) is 2.42. The lowest BCUT2D eigenvalue weighted by atomic mass is 10.2. The van der Waals surface area contributed by atoms with Gasteiger partial charge in [-0.15, -0.1) is 0 Å². The number of para-hydroxylation sites is 2. The molecule has 84 valence electrons. The third-order valence-electron chi connectivity index (χ3n) is 2.29. The monoisotopic (exact) mass is 215 g/mol. The van der Waals surface area contributed by atoms with E-state index in [-0.39, 0.29) is 0 Å². The van der Waals surface area contributed by atoms with Crippen molar-refractivity contribution in [3.8, 4) is 0 Å². The van der Waals surface area contributed by atoms with Gasteiger partial charge in [-0.05, 0) is 24.3 Å². The van der Waals surface area contributed by atoms with Crippen LogP contribution < -0.4 is 16.6 Å². The minimum Gasteiger partial charge on any atom is -0.345 e. The lowest BCUT2D eigenvalue weighted by molar-refractivity contribution is 1.21. The summed E-state index contributed by atoms with van der Waals surface area (Å²) in [5, 5.41) is 0. The van der Waals surface area contributed by atoms with Crippen molar-refractivity contribution < 1.29 is 0 Å². The van der Waals surface area contributed by atoms with Gasteiger partial charge in [-0.1, -0.05) is 36.4 Å². The minimum absolute atomic E-state index is 1.21. The molecule has 0 aromatic heterocycles. The van der Waals surface area contributed by atoms with Crippen molar-refractivity contribution in [3.05, 3.63) is 60.7 Å². The molecule has 0 aliphatic heterocycles. The number of hydrogen-bond acceptors (Lipinski definition) is 3. The first-order valence-corrected chi connectivity index (χ1v) is 5.05. The minimum atomic E-state index is 1.21. The Balaban J connectivity index is 0.000000606. The highest BCUT2D eigenvalue weighted by molar-refractivity contribution is 5.61. The largest absolute Gasteiger partial charge is 0.345 e. The van der Waals surface area contributed by atoms with Crippen molar-refractivity contribution >= 4 is 11.4 Å². The summed E-state index contributed by atoms with van der Waals surface area (Å²) in [5.74, 6) is 8.00. The first-order chi connectivity index (χ1) is 7.88. The molecule has 0 radical (unpaired) electrons. The fourth-order valence-corrected chi connectivity index (χ4v) is 1.45. The zero-order chi connectivity index (χ0) is 11.8. The summed E-state index contributed by atoms with van der Waals surface area (Å²) in [5.41, 5.74) is 2.41. The Morgan fingerprint density at radius 3 is 1.31 bits per heavy atom. The SMILES string of the molecule is CN(c1ccccc1)c1ccccc1.NN. The molecule has 2 rings (SSSR count). The van der Waals surface area contributed by atoms with E-state index in [2.05, 4.69) is 72.2 Å². The molecule has 0 aliphatic carbocycles. The van der Waals surface area contributed by atoms with E-state index in [1.54, 1.807) is 0 Å². The van der Waals surface area contributed by atoms with E-state index in [1.807, 2.05) is 12.1 Å². The van der Waals surface area contributed by atoms with Crippen LogP contribution in [-0.4, -0.2) is 7.05 Å². The zero-order valence-corrected chi connectivity index (χ0v) is 9.38. The molecule has 0 saturated carbocycles. The summed E-state index contributed by atoms with van der Waals surface area (Å²) in [7, 11) is 2.07. The second-order valence-corrected chi connectivity index (χ2v) is 3.23. The van der Waals surface area contributed by atoms with Crippen LogP contribution in [0, 0.1) is 0 Å². The van der Waals surface area contributed by atoms with Gasteiger partial charge in [-0.3, -0.25) is 11.7 Å². The maximum atomic E-state index is 4.00. The fraction of sp³-hybridized carbons (Fsp3) is 0.0769. The smallest absolute Gasteiger partial charge is 0.0408 e. The normalized spacial score (nSPS) is 8.94. The van der Waals surface area contributed by atoms with Crippen molar-refractivity contribution in [3.63, 3.8) is 0 Å². The first-order valence-electron chi connectivity index (χ1n) is 5.05. The van der Waals surface area contributed by atoms with Gasteiger partial charge in [0.2, 0.25) is 0 Å². The molecule has 0 heterocycles. The van der Waals surface area contributed by atoms with Crippen LogP contribution in [0.3, 0.4) is 0 Å². The molecule has 0 bridgehead atoms. The van der Waals surface area contributed by atoms with Crippen molar-refractivity contribution in [2.75, 3.05) is 11.9 Å². The zero-order valence-electron chi connectivity index (χ0n) is 9.38. The predicted molar refractivity (Wildman–Crippen MR) is 69.3 cm³/mol. The summed E-state index contributed by atoms with van der Waals surface area (Å²) in [6.07, 6.45) is 0. The Kier molecular flexibility index (Phi) is 5.05. The van der Waals surface area contributed by atoms with Gasteiger partial charge in [0.25, 0.3) is 0 Å². The standard InChI is InChI=1S/C13H13N.H4N2/c1-14(12-8-4-2-5-9-12)13-10-6-3-7-11-13;1-2/h2-11H,1H3;1-2H2. The molecule has 2 aromatic rings. The van der Waals surface area contributed by atoms with Crippen molar-refractivity contribution in [1.82, 2.24) is 0 Å². The average molecular weight is 215 g/mol. The number of rotatable bonds is 2. The second kappa shape index (κ2) is 6.61. The Bertz CT molecular complexity index is 347. The van der Waals surface area contributed by atoms with Gasteiger partial charge in [-0.25, -0.2) is 0 Å². The van der Waals surface area contributed by atoms with E-state index in [0.717, 1.165) is 0 Å². The van der Waals surface area contributed by atoms with Crippen LogP contribution in [0.2, 0.25) is 0 Å². The van der Waals surface area contributed by atoms with Crippen LogP contribution in [0.1, 0.15) is 0 Å². The van der Waals surface area contributed by atoms with E-state index in [0.29, 0.717) is 0 Å². The fourth-order valence-electron chi connectivity index (χ4n) is 1.45. The number of nitrogens with zero attached hydrogens (tertiary/aromatic N) is 1. The highest BCUT2D eigenvalue weighted by atomic mass is 15.1. The van der Waals surface area contributed by atoms with Gasteiger partial charge in [0.05, 0.1) is 0 Å². The molecule has 0 fully saturated rings. The lowest BCUT2D eigenvalue weighted by Crippen LogP contribution is -2.08. The third kappa shape index (κ3) is 3.08. The van der Waals surface area contributed by atoms with Gasteiger partial charge in [0.1, 0.15) is 0 Å². The summed E-state index contributed by atoms with van der Waals surface area (Å²) in [6.45, 7) is 0. The number of hydrazine groups is 1. The maximum absolute atomic E-state index is 4.00. The highest BCUT2D eigenvalue weighted by Crippen LogP contribution is 2.21. The van der Waals surface area contributed by atoms with Crippen LogP contribution in [0.15, 0.2) is 60.7 Å². The van der Waals surface area contributed by atoms with E-state index in [9.17, 15) is 0 Å². The van der Waals surface area contributed by atoms with Crippen LogP contribution in [-0.2, 0) is 0 Å². The molecule has 3 heteroatoms. The topological polar surface area (TPSA) is 55.3 Å². The Labute approximate surface area is 96.3 Å².